The van der Waals surface area contributed by atoms with Crippen molar-refractivity contribution in [3.63, 3.8) is 0 Å². The molecule has 3 aromatic carbocycles. The molecule has 0 saturated carbocycles. The Balaban J connectivity index is 1.72. The summed E-state index contributed by atoms with van der Waals surface area (Å²) >= 11 is 6.20. The minimum atomic E-state index is -4.77. The fourth-order valence-corrected chi connectivity index (χ4v) is 4.01. The van der Waals surface area contributed by atoms with E-state index in [-0.39, 0.29) is 18.2 Å². The largest absolute Gasteiger partial charge is 0.573 e. The second-order valence-corrected chi connectivity index (χ2v) is 8.39. The lowest BCUT2D eigenvalue weighted by atomic mass is 10.1. The zero-order valence-electron chi connectivity index (χ0n) is 18.5. The number of carboxylic acid groups (broad SMARTS) is 1. The van der Waals surface area contributed by atoms with E-state index in [9.17, 15) is 18.0 Å². The van der Waals surface area contributed by atoms with Gasteiger partial charge in [0, 0.05) is 17.1 Å². The van der Waals surface area contributed by atoms with Crippen molar-refractivity contribution in [3.05, 3.63) is 82.9 Å². The van der Waals surface area contributed by atoms with Crippen molar-refractivity contribution in [2.75, 3.05) is 5.32 Å². The Morgan fingerprint density at radius 2 is 1.89 bits per heavy atom. The van der Waals surface area contributed by atoms with Gasteiger partial charge in [0.15, 0.2) is 0 Å². The number of imidazole rings is 1. The van der Waals surface area contributed by atoms with Crippen molar-refractivity contribution >= 4 is 40.2 Å². The highest BCUT2D eigenvalue weighted by atomic mass is 35.5. The molecule has 4 rings (SSSR count). The van der Waals surface area contributed by atoms with E-state index in [1.165, 1.54) is 24.3 Å². The molecule has 0 spiro atoms. The molecule has 0 aliphatic heterocycles. The van der Waals surface area contributed by atoms with Gasteiger partial charge in [-0.15, -0.1) is 13.2 Å². The quantitative estimate of drug-likeness (QED) is 0.272. The van der Waals surface area contributed by atoms with Crippen LogP contribution in [0.15, 0.2) is 66.7 Å². The Labute approximate surface area is 203 Å². The van der Waals surface area contributed by atoms with Crippen LogP contribution >= 0.6 is 11.6 Å². The summed E-state index contributed by atoms with van der Waals surface area (Å²) in [5, 5.41) is 12.8. The zero-order valence-corrected chi connectivity index (χ0v) is 19.3. The van der Waals surface area contributed by atoms with Gasteiger partial charge in [-0.2, -0.15) is 0 Å². The van der Waals surface area contributed by atoms with E-state index < -0.39 is 12.3 Å². The first-order valence-electron chi connectivity index (χ1n) is 10.7. The molecule has 0 bridgehead atoms. The molecule has 6 nitrogen and oxygen atoms in total. The fraction of sp³-hybridized carbons (Fsp3) is 0.200. The summed E-state index contributed by atoms with van der Waals surface area (Å²) in [6.45, 7) is 1.98. The Morgan fingerprint density at radius 1 is 1.14 bits per heavy atom. The third-order valence-corrected chi connectivity index (χ3v) is 5.68. The number of aromatic nitrogens is 2. The predicted molar refractivity (Wildman–Crippen MR) is 127 cm³/mol. The average Bonchev–Trinajstić information content (AvgIpc) is 3.14. The van der Waals surface area contributed by atoms with Gasteiger partial charge in [-0.3, -0.25) is 4.79 Å². The average molecular weight is 504 g/mol. The van der Waals surface area contributed by atoms with Crippen LogP contribution in [0.3, 0.4) is 0 Å². The lowest BCUT2D eigenvalue weighted by molar-refractivity contribution is -0.274. The van der Waals surface area contributed by atoms with Crippen molar-refractivity contribution < 1.29 is 27.8 Å². The molecule has 0 aliphatic rings. The van der Waals surface area contributed by atoms with Crippen LogP contribution < -0.4 is 10.1 Å². The van der Waals surface area contributed by atoms with Crippen LogP contribution in [0.1, 0.15) is 30.5 Å². The molecule has 0 radical (unpaired) electrons. The van der Waals surface area contributed by atoms with E-state index in [0.717, 1.165) is 16.6 Å². The minimum absolute atomic E-state index is 0.00256. The summed E-state index contributed by atoms with van der Waals surface area (Å²) in [4.78, 5) is 15.7. The van der Waals surface area contributed by atoms with Gasteiger partial charge in [-0.25, -0.2) is 4.98 Å². The summed E-state index contributed by atoms with van der Waals surface area (Å²) in [5.74, 6) is -0.746. The number of hydrogen-bond donors (Lipinski definition) is 2. The number of carboxylic acids is 1. The van der Waals surface area contributed by atoms with Crippen LogP contribution in [-0.4, -0.2) is 27.0 Å². The molecule has 1 atom stereocenters. The van der Waals surface area contributed by atoms with Crippen LogP contribution in [0, 0.1) is 0 Å². The SMILES string of the molecule is CC(c1cccc(Cl)c1)n1c(Nc2ccc(OC(F)(F)F)cc2)nc2cc(CCC(=O)O)ccc21. The van der Waals surface area contributed by atoms with Crippen molar-refractivity contribution in [1.29, 1.82) is 0 Å². The molecule has 0 saturated heterocycles. The first-order chi connectivity index (χ1) is 16.6. The molecule has 1 aromatic heterocycles. The lowest BCUT2D eigenvalue weighted by Gasteiger charge is -2.19. The second-order valence-electron chi connectivity index (χ2n) is 7.95. The molecule has 4 aromatic rings. The molecule has 0 fully saturated rings. The number of fused-ring (bicyclic) bond motifs is 1. The molecule has 0 aliphatic carbocycles. The summed E-state index contributed by atoms with van der Waals surface area (Å²) in [6, 6.07) is 18.2. The first kappa shape index (κ1) is 24.4. The number of ether oxygens (including phenoxy) is 1. The number of aliphatic carboxylic acids is 1. The summed E-state index contributed by atoms with van der Waals surface area (Å²) < 4.78 is 43.3. The molecule has 1 unspecified atom stereocenters. The zero-order chi connectivity index (χ0) is 25.2. The maximum atomic E-state index is 12.5. The number of nitrogens with one attached hydrogen (secondary N) is 1. The number of carbonyl (C=O) groups is 1. The minimum Gasteiger partial charge on any atom is -0.481 e. The number of hydrogen-bond acceptors (Lipinski definition) is 4. The highest BCUT2D eigenvalue weighted by Gasteiger charge is 2.31. The van der Waals surface area contributed by atoms with Crippen molar-refractivity contribution in [2.45, 2.75) is 32.2 Å². The number of benzene rings is 3. The Kier molecular flexibility index (Phi) is 6.88. The van der Waals surface area contributed by atoms with Gasteiger partial charge in [0.25, 0.3) is 0 Å². The summed E-state index contributed by atoms with van der Waals surface area (Å²) in [5.41, 5.74) is 3.74. The van der Waals surface area contributed by atoms with Crippen molar-refractivity contribution in [2.24, 2.45) is 0 Å². The third kappa shape index (κ3) is 6.05. The van der Waals surface area contributed by atoms with Crippen LogP contribution in [0.2, 0.25) is 5.02 Å². The fourth-order valence-electron chi connectivity index (χ4n) is 3.82. The molecule has 10 heteroatoms. The molecular formula is C25H21ClF3N3O3. The molecule has 182 valence electrons. The number of rotatable bonds is 8. The highest BCUT2D eigenvalue weighted by Crippen LogP contribution is 2.32. The van der Waals surface area contributed by atoms with Gasteiger partial charge in [0.1, 0.15) is 5.75 Å². The predicted octanol–water partition coefficient (Wildman–Crippen LogP) is 6.96. The van der Waals surface area contributed by atoms with Gasteiger partial charge in [0.05, 0.1) is 17.1 Å². The van der Waals surface area contributed by atoms with E-state index in [0.29, 0.717) is 28.6 Å². The van der Waals surface area contributed by atoms with Gasteiger partial charge < -0.3 is 19.7 Å². The van der Waals surface area contributed by atoms with Crippen LogP contribution in [-0.2, 0) is 11.2 Å². The number of halogens is 4. The Bertz CT molecular complexity index is 1350. The second kappa shape index (κ2) is 9.87. The Hall–Kier alpha value is -3.72. The smallest absolute Gasteiger partial charge is 0.481 e. The lowest BCUT2D eigenvalue weighted by Crippen LogP contribution is -2.17. The number of alkyl halides is 3. The molecular weight excluding hydrogens is 483 g/mol. The summed E-state index contributed by atoms with van der Waals surface area (Å²) in [6.07, 6.45) is -4.40. The van der Waals surface area contributed by atoms with Crippen molar-refractivity contribution in [1.82, 2.24) is 9.55 Å². The Morgan fingerprint density at radius 3 is 2.54 bits per heavy atom. The molecule has 1 heterocycles. The van der Waals surface area contributed by atoms with Gasteiger partial charge >= 0.3 is 12.3 Å². The van der Waals surface area contributed by atoms with E-state index in [1.54, 1.807) is 6.07 Å². The number of aryl methyl sites for hydroxylation is 1. The van der Waals surface area contributed by atoms with Gasteiger partial charge in [-0.05, 0) is 73.0 Å². The summed E-state index contributed by atoms with van der Waals surface area (Å²) in [7, 11) is 0. The normalized spacial score (nSPS) is 12.5. The van der Waals surface area contributed by atoms with Crippen LogP contribution in [0.4, 0.5) is 24.8 Å². The van der Waals surface area contributed by atoms with E-state index in [4.69, 9.17) is 21.7 Å². The topological polar surface area (TPSA) is 76.4 Å². The molecule has 0 amide bonds. The number of anilines is 2. The first-order valence-corrected chi connectivity index (χ1v) is 11.1. The third-order valence-electron chi connectivity index (χ3n) is 5.44. The van der Waals surface area contributed by atoms with E-state index in [1.807, 2.05) is 47.9 Å². The standard InChI is InChI=1S/C25H21ClF3N3O3/c1-15(17-3-2-4-18(26)14-17)32-22-11-5-16(6-12-23(33)34)13-21(22)31-24(32)30-19-7-9-20(10-8-19)35-25(27,28)29/h2-5,7-11,13-15H,6,12H2,1H3,(H,30,31)(H,33,34). The maximum Gasteiger partial charge on any atom is 0.573 e. The monoisotopic (exact) mass is 503 g/mol. The van der Waals surface area contributed by atoms with Gasteiger partial charge in [0.2, 0.25) is 5.95 Å². The molecule has 35 heavy (non-hydrogen) atoms. The number of nitrogens with zero attached hydrogens (tertiary/aromatic N) is 2. The van der Waals surface area contributed by atoms with Gasteiger partial charge in [-0.1, -0.05) is 29.8 Å². The van der Waals surface area contributed by atoms with Crippen molar-refractivity contribution in [3.8, 4) is 5.75 Å². The molecule has 2 N–H and O–H groups in total. The van der Waals surface area contributed by atoms with E-state index >= 15 is 0 Å². The van der Waals surface area contributed by atoms with Crippen LogP contribution in [0.25, 0.3) is 11.0 Å². The van der Waals surface area contributed by atoms with E-state index in [2.05, 4.69) is 10.1 Å². The highest BCUT2D eigenvalue weighted by molar-refractivity contribution is 6.30. The van der Waals surface area contributed by atoms with Crippen LogP contribution in [0.5, 0.6) is 5.75 Å². The maximum absolute atomic E-state index is 12.5.